The average Bonchev–Trinajstić information content (AvgIpc) is 1.58. The molecule has 0 saturated heterocycles. The van der Waals surface area contributed by atoms with Gasteiger partial charge in [0.2, 0.25) is 0 Å². The van der Waals surface area contributed by atoms with Crippen LogP contribution in [0.4, 0.5) is 13.2 Å². The minimum Gasteiger partial charge on any atom is -0.284 e. The largest absolute Gasteiger partial charge is 0.399 e. The van der Waals surface area contributed by atoms with Crippen LogP contribution in [0.15, 0.2) is 0 Å². The maximum absolute atomic E-state index is 10.9. The molecule has 0 bridgehead atoms. The van der Waals surface area contributed by atoms with Gasteiger partial charge in [-0.25, -0.2) is 0 Å². The van der Waals surface area contributed by atoms with E-state index in [0.29, 0.717) is 0 Å². The van der Waals surface area contributed by atoms with Crippen LogP contribution in [0.2, 0.25) is 0 Å². The Bertz CT molecular complexity index is 155. The number of alkyl halides is 3. The highest BCUT2D eigenvalue weighted by molar-refractivity contribution is 7.73. The van der Waals surface area contributed by atoms with Crippen molar-refractivity contribution < 1.29 is 26.5 Å². The Morgan fingerprint density at radius 3 is 1.73 bits per heavy atom. The van der Waals surface area contributed by atoms with Gasteiger partial charge in [-0.2, -0.15) is 17.4 Å². The Hall–Kier alpha value is -0.580. The van der Waals surface area contributed by atoms with Crippen LogP contribution in [0.3, 0.4) is 0 Å². The zero-order valence-electron chi connectivity index (χ0n) is 5.13. The molecule has 0 amide bonds. The molecular weight excluding hydrogens is 185 g/mol. The van der Waals surface area contributed by atoms with E-state index in [2.05, 4.69) is 6.42 Å². The smallest absolute Gasteiger partial charge is 0.284 e. The fourth-order valence-corrected chi connectivity index (χ4v) is 0.116. The molecule has 0 aliphatic heterocycles. The summed E-state index contributed by atoms with van der Waals surface area (Å²) in [4.78, 5) is 0. The second kappa shape index (κ2) is 6.15. The van der Waals surface area contributed by atoms with Crippen molar-refractivity contribution in [1.82, 2.24) is 0 Å². The van der Waals surface area contributed by atoms with Crippen molar-refractivity contribution in [3.05, 3.63) is 0 Å². The van der Waals surface area contributed by atoms with E-state index in [1.807, 2.05) is 0 Å². The van der Waals surface area contributed by atoms with Crippen LogP contribution in [0, 0.1) is 12.3 Å². The fourth-order valence-electron chi connectivity index (χ4n) is 0.116. The lowest BCUT2D eigenvalue weighted by molar-refractivity contribution is -0.123. The molecular formula is C4H5F3O3S. The third kappa shape index (κ3) is 44.3. The van der Waals surface area contributed by atoms with E-state index in [0.717, 1.165) is 0 Å². The number of terminal acetylenes is 1. The third-order valence-electron chi connectivity index (χ3n) is 0.303. The molecule has 3 nitrogen and oxygen atoms in total. The fraction of sp³-hybridized carbons (Fsp3) is 0.500. The van der Waals surface area contributed by atoms with E-state index in [1.54, 1.807) is 0 Å². The molecule has 0 saturated carbocycles. The van der Waals surface area contributed by atoms with Crippen LogP contribution in [0.25, 0.3) is 0 Å². The number of rotatable bonds is 0. The van der Waals surface area contributed by atoms with Crippen molar-refractivity contribution in [2.75, 3.05) is 0 Å². The zero-order chi connectivity index (χ0) is 9.49. The van der Waals surface area contributed by atoms with Crippen molar-refractivity contribution in [1.29, 1.82) is 0 Å². The first-order chi connectivity index (χ1) is 4.79. The first kappa shape index (κ1) is 13.0. The van der Waals surface area contributed by atoms with E-state index < -0.39 is 24.0 Å². The molecule has 0 aliphatic carbocycles. The second-order valence-corrected chi connectivity index (χ2v) is 1.69. The van der Waals surface area contributed by atoms with Gasteiger partial charge in [-0.15, -0.1) is 6.42 Å². The lowest BCUT2D eigenvalue weighted by Crippen LogP contribution is -2.03. The van der Waals surface area contributed by atoms with Gasteiger partial charge in [0, 0.05) is 0 Å². The van der Waals surface area contributed by atoms with Crippen LogP contribution in [-0.2, 0) is 11.4 Å². The van der Waals surface area contributed by atoms with Gasteiger partial charge in [0.25, 0.3) is 11.4 Å². The molecule has 0 aromatic heterocycles. The highest BCUT2D eigenvalue weighted by Gasteiger charge is 2.24. The molecule has 7 heteroatoms. The third-order valence-corrected chi connectivity index (χ3v) is 0.303. The summed E-state index contributed by atoms with van der Waals surface area (Å²) in [7, 11) is 0. The number of hydrogen-bond acceptors (Lipinski definition) is 1. The van der Waals surface area contributed by atoms with Gasteiger partial charge in [0.1, 0.15) is 6.42 Å². The molecule has 0 aliphatic rings. The van der Waals surface area contributed by atoms with Crippen LogP contribution in [0.1, 0.15) is 6.42 Å². The zero-order valence-corrected chi connectivity index (χ0v) is 5.95. The van der Waals surface area contributed by atoms with E-state index in [4.69, 9.17) is 13.3 Å². The summed E-state index contributed by atoms with van der Waals surface area (Å²) in [6.45, 7) is 0. The molecule has 66 valence electrons. The first-order valence-electron chi connectivity index (χ1n) is 2.09. The number of halogens is 3. The molecule has 0 atom stereocenters. The topological polar surface area (TPSA) is 57.5 Å². The Balaban J connectivity index is 0. The van der Waals surface area contributed by atoms with Gasteiger partial charge >= 0.3 is 6.18 Å². The van der Waals surface area contributed by atoms with Gasteiger partial charge in [-0.3, -0.25) is 9.11 Å². The minimum absolute atomic E-state index is 1.13. The van der Waals surface area contributed by atoms with E-state index in [9.17, 15) is 13.2 Å². The maximum atomic E-state index is 10.9. The Morgan fingerprint density at radius 1 is 1.45 bits per heavy atom. The van der Waals surface area contributed by atoms with Crippen LogP contribution < -0.4 is 0 Å². The molecule has 0 aromatic carbocycles. The molecule has 0 radical (unpaired) electrons. The highest BCUT2D eigenvalue weighted by Crippen LogP contribution is 2.17. The summed E-state index contributed by atoms with van der Waals surface area (Å²) in [6.07, 6.45) is -0.973. The Morgan fingerprint density at radius 2 is 1.73 bits per heavy atom. The number of hydrogen-bond donors (Lipinski definition) is 2. The van der Waals surface area contributed by atoms with Gasteiger partial charge in [-0.05, 0) is 0 Å². The van der Waals surface area contributed by atoms with Crippen molar-refractivity contribution >= 4 is 11.4 Å². The molecule has 0 rings (SSSR count). The standard InChI is InChI=1S/C4H3F3.H2O3S/c1-2-3-4(5,6)7;1-4(2)3/h1H,3H2;(H2,1,2,3). The lowest BCUT2D eigenvalue weighted by atomic mass is 10.4. The molecule has 0 aromatic rings. The molecule has 0 heterocycles. The SMILES string of the molecule is C#CCC(F)(F)F.O=S(O)O. The van der Waals surface area contributed by atoms with E-state index in [1.165, 1.54) is 5.92 Å². The lowest BCUT2D eigenvalue weighted by Gasteiger charge is -1.96. The first-order valence-corrected chi connectivity index (χ1v) is 3.16. The van der Waals surface area contributed by atoms with Gasteiger partial charge in [0.15, 0.2) is 0 Å². The van der Waals surface area contributed by atoms with Crippen LogP contribution in [0.5, 0.6) is 0 Å². The molecule has 11 heavy (non-hydrogen) atoms. The molecule has 0 spiro atoms. The van der Waals surface area contributed by atoms with Gasteiger partial charge < -0.3 is 0 Å². The maximum Gasteiger partial charge on any atom is 0.399 e. The normalized spacial score (nSPS) is 9.91. The summed E-state index contributed by atoms with van der Waals surface area (Å²) in [5.74, 6) is 1.48. The Kier molecular flexibility index (Phi) is 7.29. The molecule has 2 N–H and O–H groups in total. The molecule has 0 unspecified atom stereocenters. The van der Waals surface area contributed by atoms with Crippen molar-refractivity contribution in [2.45, 2.75) is 12.6 Å². The van der Waals surface area contributed by atoms with E-state index >= 15 is 0 Å². The Labute approximate surface area is 63.7 Å². The minimum atomic E-state index is -4.19. The summed E-state index contributed by atoms with van der Waals surface area (Å²) < 4.78 is 55.6. The summed E-state index contributed by atoms with van der Waals surface area (Å²) in [5, 5.41) is 0. The van der Waals surface area contributed by atoms with Gasteiger partial charge in [0.05, 0.1) is 0 Å². The predicted octanol–water partition coefficient (Wildman–Crippen LogP) is 1.25. The summed E-state index contributed by atoms with van der Waals surface area (Å²) in [6, 6.07) is 0. The highest BCUT2D eigenvalue weighted by atomic mass is 32.2. The summed E-state index contributed by atoms with van der Waals surface area (Å²) >= 11 is -2.61. The van der Waals surface area contributed by atoms with Crippen LogP contribution >= 0.6 is 0 Å². The van der Waals surface area contributed by atoms with Crippen molar-refractivity contribution in [3.63, 3.8) is 0 Å². The van der Waals surface area contributed by atoms with E-state index in [-0.39, 0.29) is 0 Å². The van der Waals surface area contributed by atoms with Crippen molar-refractivity contribution in [3.8, 4) is 12.3 Å². The molecule has 0 fully saturated rings. The van der Waals surface area contributed by atoms with Gasteiger partial charge in [-0.1, -0.05) is 5.92 Å². The second-order valence-electron chi connectivity index (χ2n) is 1.23. The summed E-state index contributed by atoms with van der Waals surface area (Å²) in [5.41, 5.74) is 0. The van der Waals surface area contributed by atoms with Crippen LogP contribution in [-0.4, -0.2) is 19.5 Å². The van der Waals surface area contributed by atoms with Crippen molar-refractivity contribution in [2.24, 2.45) is 0 Å². The predicted molar refractivity (Wildman–Crippen MR) is 32.9 cm³/mol. The quantitative estimate of drug-likeness (QED) is 0.446. The average molecular weight is 190 g/mol. The monoisotopic (exact) mass is 190 g/mol.